The predicted molar refractivity (Wildman–Crippen MR) is 72.6 cm³/mol. The Morgan fingerprint density at radius 3 is 2.63 bits per heavy atom. The van der Waals surface area contributed by atoms with E-state index in [0.29, 0.717) is 13.0 Å². The second-order valence-electron chi connectivity index (χ2n) is 5.17. The molecule has 1 aromatic heterocycles. The molecule has 1 unspecified atom stereocenters. The monoisotopic (exact) mass is 266 g/mol. The van der Waals surface area contributed by atoms with Gasteiger partial charge in [-0.2, -0.15) is 0 Å². The highest BCUT2D eigenvalue weighted by Crippen LogP contribution is 2.20. The molecule has 1 aromatic rings. The van der Waals surface area contributed by atoms with Crippen molar-refractivity contribution in [2.75, 3.05) is 13.7 Å². The molecule has 0 aliphatic heterocycles. The molecule has 0 radical (unpaired) electrons. The highest BCUT2D eigenvalue weighted by molar-refractivity contribution is 5.97. The van der Waals surface area contributed by atoms with Gasteiger partial charge in [0.1, 0.15) is 5.92 Å². The maximum atomic E-state index is 12.0. The number of esters is 1. The molecule has 0 aliphatic carbocycles. The van der Waals surface area contributed by atoms with E-state index in [1.807, 2.05) is 32.2 Å². The number of hydrogen-bond acceptors (Lipinski definition) is 3. The van der Waals surface area contributed by atoms with Gasteiger partial charge in [0.25, 0.3) is 0 Å². The first-order valence-electron chi connectivity index (χ1n) is 6.41. The van der Waals surface area contributed by atoms with E-state index in [4.69, 9.17) is 0 Å². The largest absolute Gasteiger partial charge is 0.468 e. The van der Waals surface area contributed by atoms with E-state index >= 15 is 0 Å². The zero-order valence-electron chi connectivity index (χ0n) is 11.9. The van der Waals surface area contributed by atoms with Crippen LogP contribution in [0.5, 0.6) is 0 Å². The van der Waals surface area contributed by atoms with Crippen LogP contribution in [-0.2, 0) is 19.7 Å². The molecule has 2 N–H and O–H groups in total. The molecule has 5 nitrogen and oxygen atoms in total. The third-order valence-corrected chi connectivity index (χ3v) is 3.24. The lowest BCUT2D eigenvalue weighted by Gasteiger charge is -2.25. The van der Waals surface area contributed by atoms with E-state index in [0.717, 1.165) is 5.69 Å². The molecule has 0 saturated carbocycles. The number of rotatable bonds is 6. The first kappa shape index (κ1) is 15.3. The number of H-pyrrole nitrogens is 1. The minimum Gasteiger partial charge on any atom is -0.468 e. The normalized spacial score (nSPS) is 12.8. The number of methoxy groups -OCH3 is 1. The molecular weight excluding hydrogens is 244 g/mol. The Labute approximate surface area is 113 Å². The summed E-state index contributed by atoms with van der Waals surface area (Å²) in [4.78, 5) is 26.6. The molecular formula is C14H22N2O3. The SMILES string of the molecule is CCC(C(=O)NCC(C)(C)c1ccc[nH]1)C(=O)OC. The summed E-state index contributed by atoms with van der Waals surface area (Å²) in [6.45, 7) is 6.30. The number of aromatic nitrogens is 1. The highest BCUT2D eigenvalue weighted by atomic mass is 16.5. The second kappa shape index (κ2) is 6.41. The van der Waals surface area contributed by atoms with Gasteiger partial charge in [0.05, 0.1) is 7.11 Å². The fourth-order valence-corrected chi connectivity index (χ4v) is 1.88. The van der Waals surface area contributed by atoms with Crippen molar-refractivity contribution >= 4 is 11.9 Å². The summed E-state index contributed by atoms with van der Waals surface area (Å²) >= 11 is 0. The highest BCUT2D eigenvalue weighted by Gasteiger charge is 2.28. The Morgan fingerprint density at radius 1 is 1.47 bits per heavy atom. The summed E-state index contributed by atoms with van der Waals surface area (Å²) in [7, 11) is 1.29. The number of ether oxygens (including phenoxy) is 1. The molecule has 0 aliphatic rings. The molecule has 1 amide bonds. The van der Waals surface area contributed by atoms with Crippen molar-refractivity contribution in [2.45, 2.75) is 32.6 Å². The van der Waals surface area contributed by atoms with Crippen molar-refractivity contribution in [2.24, 2.45) is 5.92 Å². The number of hydrogen-bond donors (Lipinski definition) is 2. The molecule has 0 spiro atoms. The van der Waals surface area contributed by atoms with Gasteiger partial charge in [-0.1, -0.05) is 20.8 Å². The average molecular weight is 266 g/mol. The third-order valence-electron chi connectivity index (χ3n) is 3.24. The molecule has 0 bridgehead atoms. The standard InChI is InChI=1S/C14H22N2O3/c1-5-10(13(18)19-4)12(17)16-9-14(2,3)11-7-6-8-15-11/h6-8,10,15H,5,9H2,1-4H3,(H,16,17). The van der Waals surface area contributed by atoms with Gasteiger partial charge >= 0.3 is 5.97 Å². The number of carbonyl (C=O) groups is 2. The van der Waals surface area contributed by atoms with Crippen molar-refractivity contribution in [3.05, 3.63) is 24.0 Å². The summed E-state index contributed by atoms with van der Waals surface area (Å²) in [5.74, 6) is -1.50. The Morgan fingerprint density at radius 2 is 2.16 bits per heavy atom. The molecule has 0 fully saturated rings. The van der Waals surface area contributed by atoms with E-state index in [1.165, 1.54) is 7.11 Å². The van der Waals surface area contributed by atoms with Gasteiger partial charge < -0.3 is 15.0 Å². The van der Waals surface area contributed by atoms with E-state index in [1.54, 1.807) is 6.92 Å². The lowest BCUT2D eigenvalue weighted by Crippen LogP contribution is -2.42. The number of nitrogens with one attached hydrogen (secondary N) is 2. The quantitative estimate of drug-likeness (QED) is 0.607. The minimum atomic E-state index is -0.732. The van der Waals surface area contributed by atoms with Crippen molar-refractivity contribution in [3.8, 4) is 0 Å². The van der Waals surface area contributed by atoms with E-state index in [9.17, 15) is 9.59 Å². The van der Waals surface area contributed by atoms with E-state index < -0.39 is 11.9 Å². The maximum absolute atomic E-state index is 12.0. The first-order valence-corrected chi connectivity index (χ1v) is 6.41. The summed E-state index contributed by atoms with van der Waals surface area (Å²) in [5, 5.41) is 2.82. The van der Waals surface area contributed by atoms with Crippen LogP contribution in [0.2, 0.25) is 0 Å². The van der Waals surface area contributed by atoms with Crippen molar-refractivity contribution in [3.63, 3.8) is 0 Å². The summed E-state index contributed by atoms with van der Waals surface area (Å²) in [6.07, 6.45) is 2.28. The van der Waals surface area contributed by atoms with Crippen LogP contribution >= 0.6 is 0 Å². The molecule has 19 heavy (non-hydrogen) atoms. The van der Waals surface area contributed by atoms with Gasteiger partial charge in [0.2, 0.25) is 5.91 Å². The van der Waals surface area contributed by atoms with Crippen LogP contribution in [0.1, 0.15) is 32.9 Å². The van der Waals surface area contributed by atoms with Crippen molar-refractivity contribution in [1.82, 2.24) is 10.3 Å². The zero-order valence-corrected chi connectivity index (χ0v) is 11.9. The van der Waals surface area contributed by atoms with Gasteiger partial charge in [0, 0.05) is 23.9 Å². The van der Waals surface area contributed by atoms with Crippen LogP contribution in [0.15, 0.2) is 18.3 Å². The smallest absolute Gasteiger partial charge is 0.318 e. The van der Waals surface area contributed by atoms with Crippen molar-refractivity contribution in [1.29, 1.82) is 0 Å². The topological polar surface area (TPSA) is 71.2 Å². The van der Waals surface area contributed by atoms with Crippen LogP contribution in [0, 0.1) is 5.92 Å². The Balaban J connectivity index is 2.61. The third kappa shape index (κ3) is 3.84. The molecule has 106 valence electrons. The number of carbonyl (C=O) groups excluding carboxylic acids is 2. The molecule has 1 atom stereocenters. The summed E-state index contributed by atoms with van der Waals surface area (Å²) < 4.78 is 4.62. The molecule has 0 saturated heterocycles. The molecule has 5 heteroatoms. The molecule has 1 rings (SSSR count). The lowest BCUT2D eigenvalue weighted by molar-refractivity contribution is -0.150. The Bertz CT molecular complexity index is 424. The van der Waals surface area contributed by atoms with Crippen LogP contribution in [0.25, 0.3) is 0 Å². The predicted octanol–water partition coefficient (Wildman–Crippen LogP) is 1.61. The second-order valence-corrected chi connectivity index (χ2v) is 5.17. The summed E-state index contributed by atoms with van der Waals surface area (Å²) in [6, 6.07) is 3.89. The van der Waals surface area contributed by atoms with E-state index in [-0.39, 0.29) is 11.3 Å². The van der Waals surface area contributed by atoms with Crippen molar-refractivity contribution < 1.29 is 14.3 Å². The average Bonchev–Trinajstić information content (AvgIpc) is 2.91. The van der Waals surface area contributed by atoms with Gasteiger partial charge in [-0.15, -0.1) is 0 Å². The van der Waals surface area contributed by atoms with Gasteiger partial charge in [-0.25, -0.2) is 0 Å². The fourth-order valence-electron chi connectivity index (χ4n) is 1.88. The zero-order chi connectivity index (χ0) is 14.5. The maximum Gasteiger partial charge on any atom is 0.318 e. The van der Waals surface area contributed by atoms with Crippen LogP contribution in [-0.4, -0.2) is 30.5 Å². The Hall–Kier alpha value is -1.78. The van der Waals surface area contributed by atoms with Crippen LogP contribution < -0.4 is 5.32 Å². The van der Waals surface area contributed by atoms with Gasteiger partial charge in [0.15, 0.2) is 0 Å². The lowest BCUT2D eigenvalue weighted by atomic mass is 9.89. The molecule has 0 aromatic carbocycles. The summed E-state index contributed by atoms with van der Waals surface area (Å²) in [5.41, 5.74) is 0.826. The van der Waals surface area contributed by atoms with Gasteiger partial charge in [-0.05, 0) is 18.6 Å². The van der Waals surface area contributed by atoms with Gasteiger partial charge in [-0.3, -0.25) is 9.59 Å². The van der Waals surface area contributed by atoms with E-state index in [2.05, 4.69) is 15.0 Å². The number of amides is 1. The first-order chi connectivity index (χ1) is 8.92. The fraction of sp³-hybridized carbons (Fsp3) is 0.571. The molecule has 1 heterocycles. The number of aromatic amines is 1. The Kier molecular flexibility index (Phi) is 5.15. The van der Waals surface area contributed by atoms with Crippen LogP contribution in [0.3, 0.4) is 0 Å². The minimum absolute atomic E-state index is 0.215. The van der Waals surface area contributed by atoms with Crippen LogP contribution in [0.4, 0.5) is 0 Å².